The molecule has 2 aliphatic carbocycles. The molecule has 10 nitrogen and oxygen atoms in total. The van der Waals surface area contributed by atoms with Gasteiger partial charge in [-0.15, -0.1) is 0 Å². The molecule has 4 amide bonds. The van der Waals surface area contributed by atoms with Gasteiger partial charge < -0.3 is 19.3 Å². The average Bonchev–Trinajstić information content (AvgIpc) is 3.59. The number of imide groups is 2. The molecular formula is C45H40ClFN2O8. The number of ether oxygens (including phenoxy) is 3. The largest absolute Gasteiger partial charge is 0.497 e. The monoisotopic (exact) mass is 790 g/mol. The van der Waals surface area contributed by atoms with Crippen molar-refractivity contribution in [3.05, 3.63) is 124 Å². The molecule has 0 aromatic heterocycles. The number of hydrogen-bond donors (Lipinski definition) is 1. The highest BCUT2D eigenvalue weighted by atomic mass is 35.5. The quantitative estimate of drug-likeness (QED) is 0.0998. The van der Waals surface area contributed by atoms with Crippen molar-refractivity contribution in [2.24, 2.45) is 29.1 Å². The number of benzene rings is 4. The van der Waals surface area contributed by atoms with Crippen molar-refractivity contribution in [3.8, 4) is 17.2 Å². The van der Waals surface area contributed by atoms with Crippen LogP contribution in [-0.4, -0.2) is 56.2 Å². The Hall–Kier alpha value is -5.78. The zero-order valence-corrected chi connectivity index (χ0v) is 32.2. The maximum absolute atomic E-state index is 14.7. The minimum atomic E-state index is -1.29. The van der Waals surface area contributed by atoms with E-state index in [-0.39, 0.29) is 48.6 Å². The van der Waals surface area contributed by atoms with Crippen LogP contribution in [0.1, 0.15) is 42.4 Å². The van der Waals surface area contributed by atoms with Crippen molar-refractivity contribution < 1.29 is 42.9 Å². The molecule has 2 saturated heterocycles. The predicted molar refractivity (Wildman–Crippen MR) is 212 cm³/mol. The molecular weight excluding hydrogens is 751 g/mol. The molecule has 6 atom stereocenters. The van der Waals surface area contributed by atoms with Crippen molar-refractivity contribution >= 4 is 58.8 Å². The fourth-order valence-corrected chi connectivity index (χ4v) is 9.51. The Bertz CT molecular complexity index is 2340. The van der Waals surface area contributed by atoms with Crippen LogP contribution >= 0.6 is 11.6 Å². The van der Waals surface area contributed by atoms with Crippen LogP contribution in [0.25, 0.3) is 12.2 Å². The van der Waals surface area contributed by atoms with Crippen molar-refractivity contribution in [2.45, 2.75) is 25.7 Å². The van der Waals surface area contributed by atoms with E-state index in [1.807, 2.05) is 60.7 Å². The van der Waals surface area contributed by atoms with E-state index in [1.54, 1.807) is 45.4 Å². The molecule has 6 unspecified atom stereocenters. The topological polar surface area (TPSA) is 123 Å². The minimum absolute atomic E-state index is 0.103. The Morgan fingerprint density at radius 2 is 1.54 bits per heavy atom. The SMILES string of the molecule is COc1ccc(OC)c(C=Cc2ccc(N3C(=O)C4CC=C5C(CC6C(=O)N(c7ccc(F)c(Cl)c7)C(=O)C6(C)C5c5ccc(OCCO)cc5)C4C3=O)cc2)c1. The zero-order chi connectivity index (χ0) is 40.2. The molecule has 4 aromatic rings. The number of anilines is 2. The van der Waals surface area contributed by atoms with Crippen LogP contribution in [0.3, 0.4) is 0 Å². The summed E-state index contributed by atoms with van der Waals surface area (Å²) >= 11 is 6.13. The Labute approximate surface area is 334 Å². The Morgan fingerprint density at radius 3 is 2.23 bits per heavy atom. The summed E-state index contributed by atoms with van der Waals surface area (Å²) in [6.07, 6.45) is 6.23. The van der Waals surface area contributed by atoms with E-state index in [9.17, 15) is 28.7 Å². The first kappa shape index (κ1) is 38.1. The number of carbonyl (C=O) groups excluding carboxylic acids is 4. The number of aliphatic hydroxyl groups excluding tert-OH is 1. The lowest BCUT2D eigenvalue weighted by molar-refractivity contribution is -0.131. The standard InChI is InChI=1S/C45H40ClFN2O8/c1-45-35(42(52)49(44(45)54)29-12-18-37(47)36(46)23-29)24-34-32(40(45)26-8-13-30(14-9-26)57-21-20-50)16-17-33-39(34)43(53)48(41(33)51)28-10-5-25(6-11-28)4-7-27-22-31(55-2)15-19-38(27)56-3/h4-16,18-19,22-23,33-35,39-40,50H,17,20-21,24H2,1-3H3. The second-order valence-electron chi connectivity index (χ2n) is 14.9. The fraction of sp³-hybridized carbons (Fsp3) is 0.289. The van der Waals surface area contributed by atoms with Gasteiger partial charge in [0.15, 0.2) is 0 Å². The second kappa shape index (κ2) is 14.9. The van der Waals surface area contributed by atoms with Gasteiger partial charge in [-0.2, -0.15) is 0 Å². The fourth-order valence-electron chi connectivity index (χ4n) is 9.33. The molecule has 8 rings (SSSR count). The summed E-state index contributed by atoms with van der Waals surface area (Å²) in [6.45, 7) is 1.72. The van der Waals surface area contributed by atoms with Gasteiger partial charge in [0.25, 0.3) is 0 Å². The summed E-state index contributed by atoms with van der Waals surface area (Å²) < 4.78 is 30.7. The molecule has 1 N–H and O–H groups in total. The van der Waals surface area contributed by atoms with Gasteiger partial charge in [0.05, 0.1) is 60.4 Å². The van der Waals surface area contributed by atoms with Gasteiger partial charge in [-0.05, 0) is 97.5 Å². The lowest BCUT2D eigenvalue weighted by Crippen LogP contribution is -2.48. The number of carbonyl (C=O) groups is 4. The second-order valence-corrected chi connectivity index (χ2v) is 15.4. The van der Waals surface area contributed by atoms with E-state index >= 15 is 0 Å². The normalized spacial score (nSPS) is 25.4. The van der Waals surface area contributed by atoms with Crippen molar-refractivity contribution in [2.75, 3.05) is 37.2 Å². The molecule has 4 aliphatic rings. The summed E-state index contributed by atoms with van der Waals surface area (Å²) in [6, 6.07) is 23.6. The van der Waals surface area contributed by atoms with E-state index in [4.69, 9.17) is 25.8 Å². The average molecular weight is 791 g/mol. The van der Waals surface area contributed by atoms with E-state index in [0.29, 0.717) is 22.9 Å². The maximum atomic E-state index is 14.7. The van der Waals surface area contributed by atoms with Crippen molar-refractivity contribution in [1.82, 2.24) is 0 Å². The molecule has 292 valence electrons. The van der Waals surface area contributed by atoms with Crippen LogP contribution in [0.2, 0.25) is 5.02 Å². The third kappa shape index (κ3) is 6.29. The van der Waals surface area contributed by atoms with Crippen LogP contribution in [-0.2, 0) is 19.2 Å². The smallest absolute Gasteiger partial charge is 0.241 e. The van der Waals surface area contributed by atoms with E-state index in [2.05, 4.69) is 0 Å². The number of allylic oxidation sites excluding steroid dienone is 2. The third-order valence-corrected chi connectivity index (χ3v) is 12.3. The number of hydrogen-bond acceptors (Lipinski definition) is 8. The van der Waals surface area contributed by atoms with E-state index in [1.165, 1.54) is 17.0 Å². The Kier molecular flexibility index (Phi) is 9.99. The van der Waals surface area contributed by atoms with Crippen LogP contribution in [0, 0.1) is 34.9 Å². The van der Waals surface area contributed by atoms with Gasteiger partial charge in [-0.25, -0.2) is 9.29 Å². The number of nitrogens with zero attached hydrogens (tertiary/aromatic N) is 2. The first-order valence-corrected chi connectivity index (χ1v) is 19.1. The van der Waals surface area contributed by atoms with Crippen LogP contribution in [0.4, 0.5) is 15.8 Å². The van der Waals surface area contributed by atoms with Crippen molar-refractivity contribution in [3.63, 3.8) is 0 Å². The summed E-state index contributed by atoms with van der Waals surface area (Å²) in [5.74, 6) is -3.81. The molecule has 2 aliphatic heterocycles. The molecule has 12 heteroatoms. The maximum Gasteiger partial charge on any atom is 0.241 e. The number of amides is 4. The summed E-state index contributed by atoms with van der Waals surface area (Å²) in [7, 11) is 3.19. The van der Waals surface area contributed by atoms with Gasteiger partial charge in [0.1, 0.15) is 29.7 Å². The van der Waals surface area contributed by atoms with Gasteiger partial charge in [-0.1, -0.05) is 59.7 Å². The molecule has 0 spiro atoms. The summed E-state index contributed by atoms with van der Waals surface area (Å²) in [4.78, 5) is 60.2. The molecule has 2 heterocycles. The van der Waals surface area contributed by atoms with Crippen LogP contribution in [0.5, 0.6) is 17.2 Å². The Morgan fingerprint density at radius 1 is 0.825 bits per heavy atom. The first-order chi connectivity index (χ1) is 27.5. The predicted octanol–water partition coefficient (Wildman–Crippen LogP) is 7.47. The summed E-state index contributed by atoms with van der Waals surface area (Å²) in [5.41, 5.74) is 2.53. The third-order valence-electron chi connectivity index (χ3n) is 12.1. The first-order valence-electron chi connectivity index (χ1n) is 18.7. The highest BCUT2D eigenvalue weighted by Crippen LogP contribution is 2.63. The molecule has 0 bridgehead atoms. The molecule has 0 radical (unpaired) electrons. The number of fused-ring (bicyclic) bond motifs is 4. The van der Waals surface area contributed by atoms with Gasteiger partial charge >= 0.3 is 0 Å². The Balaban J connectivity index is 1.13. The van der Waals surface area contributed by atoms with Gasteiger partial charge in [-0.3, -0.25) is 24.1 Å². The highest BCUT2D eigenvalue weighted by molar-refractivity contribution is 6.32. The van der Waals surface area contributed by atoms with Crippen LogP contribution < -0.4 is 24.0 Å². The van der Waals surface area contributed by atoms with Gasteiger partial charge in [0.2, 0.25) is 23.6 Å². The minimum Gasteiger partial charge on any atom is -0.497 e. The van der Waals surface area contributed by atoms with E-state index < -0.39 is 52.6 Å². The molecule has 1 saturated carbocycles. The van der Waals surface area contributed by atoms with Crippen molar-refractivity contribution in [1.29, 1.82) is 0 Å². The number of rotatable bonds is 10. The number of aliphatic hydroxyl groups is 1. The number of halogens is 2. The van der Waals surface area contributed by atoms with Crippen LogP contribution in [0.15, 0.2) is 96.6 Å². The van der Waals surface area contributed by atoms with E-state index in [0.717, 1.165) is 33.2 Å². The highest BCUT2D eigenvalue weighted by Gasteiger charge is 2.67. The lowest BCUT2D eigenvalue weighted by Gasteiger charge is -2.49. The molecule has 57 heavy (non-hydrogen) atoms. The lowest BCUT2D eigenvalue weighted by atomic mass is 9.51. The zero-order valence-electron chi connectivity index (χ0n) is 31.5. The molecule has 4 aromatic carbocycles. The number of methoxy groups -OCH3 is 2. The molecule has 3 fully saturated rings. The summed E-state index contributed by atoms with van der Waals surface area (Å²) in [5, 5.41) is 9.04. The van der Waals surface area contributed by atoms with Gasteiger partial charge in [0, 0.05) is 11.5 Å².